The predicted molar refractivity (Wildman–Crippen MR) is 179 cm³/mol. The number of fused-ring (bicyclic) bond motifs is 1. The van der Waals surface area contributed by atoms with Crippen molar-refractivity contribution in [2.24, 2.45) is 5.92 Å². The van der Waals surface area contributed by atoms with Crippen molar-refractivity contribution in [3.63, 3.8) is 0 Å². The van der Waals surface area contributed by atoms with Crippen LogP contribution in [0.4, 0.5) is 5.69 Å². The summed E-state index contributed by atoms with van der Waals surface area (Å²) in [6.45, 7) is 5.71. The highest BCUT2D eigenvalue weighted by Crippen LogP contribution is 2.29. The molecular formula is C38H43N3O4. The van der Waals surface area contributed by atoms with E-state index in [2.05, 4.69) is 60.6 Å². The molecule has 7 nitrogen and oxygen atoms in total. The fourth-order valence-corrected chi connectivity index (χ4v) is 5.83. The summed E-state index contributed by atoms with van der Waals surface area (Å²) >= 11 is 0. The summed E-state index contributed by atoms with van der Waals surface area (Å²) in [4.78, 5) is 30.4. The van der Waals surface area contributed by atoms with Crippen LogP contribution in [-0.4, -0.2) is 65.6 Å². The fraction of sp³-hybridized carbons (Fsp3) is 0.316. The van der Waals surface area contributed by atoms with Gasteiger partial charge in [0.1, 0.15) is 11.9 Å². The highest BCUT2D eigenvalue weighted by Gasteiger charge is 2.31. The van der Waals surface area contributed by atoms with Crippen LogP contribution >= 0.6 is 0 Å². The molecular weight excluding hydrogens is 562 g/mol. The lowest BCUT2D eigenvalue weighted by Crippen LogP contribution is -2.47. The number of ether oxygens (including phenoxy) is 1. The van der Waals surface area contributed by atoms with Crippen LogP contribution in [0.25, 0.3) is 11.1 Å². The molecule has 234 valence electrons. The number of aliphatic hydroxyl groups is 1. The second kappa shape index (κ2) is 15.0. The number of carbonyl (C=O) groups is 2. The summed E-state index contributed by atoms with van der Waals surface area (Å²) < 4.78 is 6.68. The number of benzene rings is 4. The highest BCUT2D eigenvalue weighted by molar-refractivity contribution is 5.92. The molecule has 45 heavy (non-hydrogen) atoms. The van der Waals surface area contributed by atoms with E-state index in [1.165, 1.54) is 16.7 Å². The van der Waals surface area contributed by atoms with Gasteiger partial charge in [0.15, 0.2) is 0 Å². The first-order valence-corrected chi connectivity index (χ1v) is 15.7. The third-order valence-corrected chi connectivity index (χ3v) is 8.41. The van der Waals surface area contributed by atoms with Gasteiger partial charge in [0.25, 0.3) is 0 Å². The van der Waals surface area contributed by atoms with Crippen molar-refractivity contribution in [2.75, 3.05) is 32.1 Å². The van der Waals surface area contributed by atoms with E-state index in [1.807, 2.05) is 73.7 Å². The summed E-state index contributed by atoms with van der Waals surface area (Å²) in [5.74, 6) is 0.438. The lowest BCUT2D eigenvalue weighted by atomic mass is 10.0. The van der Waals surface area contributed by atoms with Crippen molar-refractivity contribution < 1.29 is 19.4 Å². The molecule has 4 aromatic carbocycles. The molecule has 7 heteroatoms. The molecule has 1 aliphatic rings. The fourth-order valence-electron chi connectivity index (χ4n) is 5.83. The first kappa shape index (κ1) is 31.9. The second-order valence-corrected chi connectivity index (χ2v) is 12.2. The molecule has 0 aliphatic carbocycles. The van der Waals surface area contributed by atoms with E-state index >= 15 is 0 Å². The van der Waals surface area contributed by atoms with E-state index in [9.17, 15) is 14.7 Å². The normalized spacial score (nSPS) is 17.4. The van der Waals surface area contributed by atoms with Crippen LogP contribution in [0.2, 0.25) is 0 Å². The van der Waals surface area contributed by atoms with Crippen molar-refractivity contribution in [1.29, 1.82) is 0 Å². The predicted octanol–water partition coefficient (Wildman–Crippen LogP) is 5.82. The zero-order chi connectivity index (χ0) is 31.8. The van der Waals surface area contributed by atoms with Crippen LogP contribution in [0.5, 0.6) is 5.75 Å². The monoisotopic (exact) mass is 605 g/mol. The quantitative estimate of drug-likeness (QED) is 0.238. The van der Waals surface area contributed by atoms with Crippen molar-refractivity contribution in [3.05, 3.63) is 120 Å². The maximum Gasteiger partial charge on any atom is 0.228 e. The molecule has 4 aromatic rings. The van der Waals surface area contributed by atoms with Crippen LogP contribution in [0, 0.1) is 5.92 Å². The molecule has 1 aliphatic heterocycles. The molecule has 0 unspecified atom stereocenters. The number of hydrogen-bond donors (Lipinski definition) is 2. The first-order valence-electron chi connectivity index (χ1n) is 15.7. The topological polar surface area (TPSA) is 82.1 Å². The Morgan fingerprint density at radius 1 is 0.956 bits per heavy atom. The Morgan fingerprint density at radius 3 is 2.31 bits per heavy atom. The number of likely N-dealkylation sites (N-methyl/N-ethyl adjacent to an activating group) is 1. The van der Waals surface area contributed by atoms with Crippen LogP contribution < -0.4 is 10.1 Å². The van der Waals surface area contributed by atoms with Crippen LogP contribution in [0.3, 0.4) is 0 Å². The maximum absolute atomic E-state index is 13.6. The van der Waals surface area contributed by atoms with Gasteiger partial charge in [0, 0.05) is 36.8 Å². The lowest BCUT2D eigenvalue weighted by Gasteiger charge is -2.34. The van der Waals surface area contributed by atoms with E-state index in [0.717, 1.165) is 12.1 Å². The van der Waals surface area contributed by atoms with Gasteiger partial charge >= 0.3 is 0 Å². The van der Waals surface area contributed by atoms with Crippen molar-refractivity contribution in [2.45, 2.75) is 45.4 Å². The summed E-state index contributed by atoms with van der Waals surface area (Å²) in [5, 5.41) is 12.9. The zero-order valence-corrected chi connectivity index (χ0v) is 26.4. The van der Waals surface area contributed by atoms with Crippen molar-refractivity contribution in [1.82, 2.24) is 9.80 Å². The van der Waals surface area contributed by atoms with E-state index < -0.39 is 0 Å². The van der Waals surface area contributed by atoms with Crippen LogP contribution in [-0.2, 0) is 29.0 Å². The minimum atomic E-state index is -0.322. The smallest absolute Gasteiger partial charge is 0.228 e. The molecule has 0 saturated heterocycles. The number of rotatable bonds is 10. The molecule has 3 atom stereocenters. The number of nitrogens with zero attached hydrogens (tertiary/aromatic N) is 2. The molecule has 0 spiro atoms. The van der Waals surface area contributed by atoms with E-state index in [-0.39, 0.29) is 49.3 Å². The average Bonchev–Trinajstić information content (AvgIpc) is 3.09. The van der Waals surface area contributed by atoms with Gasteiger partial charge in [-0.25, -0.2) is 0 Å². The Kier molecular flexibility index (Phi) is 10.7. The van der Waals surface area contributed by atoms with Crippen molar-refractivity contribution in [3.8, 4) is 16.9 Å². The number of nitrogens with one attached hydrogen (secondary N) is 1. The van der Waals surface area contributed by atoms with E-state index in [1.54, 1.807) is 4.90 Å². The van der Waals surface area contributed by atoms with E-state index in [4.69, 9.17) is 4.74 Å². The largest absolute Gasteiger partial charge is 0.488 e. The number of carbonyl (C=O) groups excluding carboxylic acids is 2. The lowest BCUT2D eigenvalue weighted by molar-refractivity contribution is -0.134. The molecule has 0 aromatic heterocycles. The van der Waals surface area contributed by atoms with Gasteiger partial charge in [-0.2, -0.15) is 0 Å². The summed E-state index contributed by atoms with van der Waals surface area (Å²) in [6.07, 6.45) is 0.163. The minimum Gasteiger partial charge on any atom is -0.488 e. The molecule has 0 fully saturated rings. The average molecular weight is 606 g/mol. The molecule has 2 amide bonds. The Balaban J connectivity index is 1.33. The molecule has 0 radical (unpaired) electrons. The van der Waals surface area contributed by atoms with Gasteiger partial charge in [-0.1, -0.05) is 91.9 Å². The molecule has 2 N–H and O–H groups in total. The molecule has 5 rings (SSSR count). The standard InChI is InChI=1S/C38H43N3O4/c1-27-23-41(28(2)26-42)38(44)22-33-21-34(39-37(43)20-29-10-6-4-7-11-29)18-19-35(33)45-36(27)25-40(3)24-30-14-16-32(17-15-30)31-12-8-5-9-13-31/h4-19,21,27-28,36,42H,20,22-26H2,1-3H3,(H,39,43)/t27-,28+,36+/m1/s1. The van der Waals surface area contributed by atoms with Gasteiger partial charge in [0.05, 0.1) is 25.5 Å². The number of anilines is 1. The third kappa shape index (κ3) is 8.59. The van der Waals surface area contributed by atoms with E-state index in [0.29, 0.717) is 30.1 Å². The SMILES string of the molecule is C[C@@H]1CN([C@@H](C)CO)C(=O)Cc2cc(NC(=O)Cc3ccccc3)ccc2O[C@H]1CN(C)Cc1ccc(-c2ccccc2)cc1. The summed E-state index contributed by atoms with van der Waals surface area (Å²) in [5.41, 5.74) is 5.84. The third-order valence-electron chi connectivity index (χ3n) is 8.41. The molecule has 0 saturated carbocycles. The number of hydrogen-bond acceptors (Lipinski definition) is 5. The second-order valence-electron chi connectivity index (χ2n) is 12.2. The maximum atomic E-state index is 13.6. The summed E-state index contributed by atoms with van der Waals surface area (Å²) in [6, 6.07) is 33.8. The Hall–Kier alpha value is -4.46. The zero-order valence-electron chi connectivity index (χ0n) is 26.4. The van der Waals surface area contributed by atoms with Gasteiger partial charge in [0.2, 0.25) is 11.8 Å². The molecule has 1 heterocycles. The minimum absolute atomic E-state index is 0.00191. The van der Waals surface area contributed by atoms with Gasteiger partial charge < -0.3 is 20.1 Å². The first-order chi connectivity index (χ1) is 21.8. The van der Waals surface area contributed by atoms with Gasteiger partial charge in [-0.05, 0) is 54.4 Å². The Morgan fingerprint density at radius 2 is 1.62 bits per heavy atom. The van der Waals surface area contributed by atoms with Gasteiger partial charge in [-0.15, -0.1) is 0 Å². The highest BCUT2D eigenvalue weighted by atomic mass is 16.5. The van der Waals surface area contributed by atoms with Gasteiger partial charge in [-0.3, -0.25) is 14.5 Å². The van der Waals surface area contributed by atoms with Crippen molar-refractivity contribution >= 4 is 17.5 Å². The molecule has 0 bridgehead atoms. The van der Waals surface area contributed by atoms with Crippen LogP contribution in [0.15, 0.2) is 103 Å². The Labute approximate surface area is 266 Å². The summed E-state index contributed by atoms with van der Waals surface area (Å²) in [7, 11) is 2.08. The number of aliphatic hydroxyl groups excluding tert-OH is 1. The van der Waals surface area contributed by atoms with Crippen LogP contribution in [0.1, 0.15) is 30.5 Å². The number of amides is 2. The Bertz CT molecular complexity index is 1560.